The van der Waals surface area contributed by atoms with Crippen molar-refractivity contribution in [2.24, 2.45) is 5.92 Å². The van der Waals surface area contributed by atoms with Gasteiger partial charge in [-0.3, -0.25) is 24.2 Å². The minimum atomic E-state index is -1.48. The third-order valence-electron chi connectivity index (χ3n) is 2.18. The van der Waals surface area contributed by atoms with Crippen LogP contribution in [0.5, 0.6) is 0 Å². The Labute approximate surface area is 90.8 Å². The summed E-state index contributed by atoms with van der Waals surface area (Å²) < 4.78 is 0. The molecule has 0 aromatic heterocycles. The van der Waals surface area contributed by atoms with E-state index in [0.717, 1.165) is 9.80 Å². The molecular weight excluding hydrogens is 224 g/mol. The summed E-state index contributed by atoms with van der Waals surface area (Å²) in [5, 5.41) is 0. The number of urea groups is 1. The van der Waals surface area contributed by atoms with Gasteiger partial charge in [-0.25, -0.2) is 4.79 Å². The lowest BCUT2D eigenvalue weighted by atomic mass is 10.00. The molecule has 6 nitrogen and oxygen atoms in total. The van der Waals surface area contributed by atoms with Gasteiger partial charge >= 0.3 is 6.03 Å². The molecule has 1 aliphatic rings. The Morgan fingerprint density at radius 2 is 1.60 bits per heavy atom. The van der Waals surface area contributed by atoms with Crippen LogP contribution in [-0.2, 0) is 14.4 Å². The molecule has 0 atom stereocenters. The summed E-state index contributed by atoms with van der Waals surface area (Å²) in [7, 11) is 2.42. The molecule has 0 aromatic rings. The van der Waals surface area contributed by atoms with E-state index in [0.29, 0.717) is 0 Å². The molecule has 1 aliphatic heterocycles. The number of halogens is 1. The maximum Gasteiger partial charge on any atom is 0.332 e. The number of hydrogen-bond donors (Lipinski definition) is 0. The van der Waals surface area contributed by atoms with Crippen molar-refractivity contribution in [2.75, 3.05) is 20.0 Å². The predicted octanol–water partition coefficient (Wildman–Crippen LogP) is -0.539. The summed E-state index contributed by atoms with van der Waals surface area (Å²) in [6.07, 6.45) is 0. The van der Waals surface area contributed by atoms with Crippen LogP contribution in [0, 0.1) is 5.92 Å². The van der Waals surface area contributed by atoms with Crippen molar-refractivity contribution < 1.29 is 19.2 Å². The number of rotatable bonds is 2. The summed E-state index contributed by atoms with van der Waals surface area (Å²) in [6.45, 7) is 0. The minimum Gasteiger partial charge on any atom is -0.297 e. The van der Waals surface area contributed by atoms with Crippen LogP contribution in [-0.4, -0.2) is 53.4 Å². The van der Waals surface area contributed by atoms with Crippen molar-refractivity contribution in [2.45, 2.75) is 0 Å². The first-order valence-electron chi connectivity index (χ1n) is 4.09. The maximum absolute atomic E-state index is 11.5. The minimum absolute atomic E-state index is 0.433. The Bertz CT molecular complexity index is 331. The van der Waals surface area contributed by atoms with Gasteiger partial charge in [-0.15, -0.1) is 11.6 Å². The highest BCUT2D eigenvalue weighted by Gasteiger charge is 2.45. The van der Waals surface area contributed by atoms with Gasteiger partial charge in [0.2, 0.25) is 0 Å². The van der Waals surface area contributed by atoms with Gasteiger partial charge in [0.15, 0.2) is 11.7 Å². The Kier molecular flexibility index (Phi) is 3.09. The molecule has 0 bridgehead atoms. The molecule has 0 unspecified atom stereocenters. The number of carbonyl (C=O) groups is 4. The SMILES string of the molecule is CN1C(=O)C(C(=O)CCl)C(=O)N(C)C1=O. The van der Waals surface area contributed by atoms with Crippen molar-refractivity contribution in [1.29, 1.82) is 0 Å². The monoisotopic (exact) mass is 232 g/mol. The van der Waals surface area contributed by atoms with E-state index in [2.05, 4.69) is 0 Å². The summed E-state index contributed by atoms with van der Waals surface area (Å²) in [5.41, 5.74) is 0. The zero-order chi connectivity index (χ0) is 11.7. The van der Waals surface area contributed by atoms with E-state index in [1.54, 1.807) is 0 Å². The Morgan fingerprint density at radius 3 is 1.93 bits per heavy atom. The molecule has 1 fully saturated rings. The van der Waals surface area contributed by atoms with E-state index in [1.165, 1.54) is 14.1 Å². The van der Waals surface area contributed by atoms with Crippen LogP contribution in [0.25, 0.3) is 0 Å². The van der Waals surface area contributed by atoms with Gasteiger partial charge in [0.25, 0.3) is 11.8 Å². The second kappa shape index (κ2) is 3.98. The quantitative estimate of drug-likeness (QED) is 0.473. The molecule has 1 rings (SSSR count). The number of imide groups is 2. The average Bonchev–Trinajstić information content (AvgIpc) is 2.23. The molecule has 15 heavy (non-hydrogen) atoms. The fourth-order valence-corrected chi connectivity index (χ4v) is 1.41. The normalized spacial score (nSPS) is 18.7. The van der Waals surface area contributed by atoms with E-state index < -0.39 is 35.4 Å². The molecule has 82 valence electrons. The van der Waals surface area contributed by atoms with Crippen LogP contribution in [0.4, 0.5) is 4.79 Å². The third-order valence-corrected chi connectivity index (χ3v) is 2.45. The molecule has 7 heteroatoms. The molecule has 4 amide bonds. The van der Waals surface area contributed by atoms with Crippen LogP contribution in [0.1, 0.15) is 0 Å². The summed E-state index contributed by atoms with van der Waals surface area (Å²) in [4.78, 5) is 46.9. The van der Waals surface area contributed by atoms with Crippen LogP contribution < -0.4 is 0 Å². The zero-order valence-corrected chi connectivity index (χ0v) is 8.95. The number of barbiturate groups is 1. The number of Topliss-reactive ketones (excluding diaryl/α,β-unsaturated/α-hetero) is 1. The van der Waals surface area contributed by atoms with Gasteiger partial charge in [-0.2, -0.15) is 0 Å². The molecule has 0 aliphatic carbocycles. The van der Waals surface area contributed by atoms with E-state index >= 15 is 0 Å². The average molecular weight is 233 g/mol. The van der Waals surface area contributed by atoms with Gasteiger partial charge in [0.05, 0.1) is 5.88 Å². The van der Waals surface area contributed by atoms with Crippen LogP contribution in [0.3, 0.4) is 0 Å². The lowest BCUT2D eigenvalue weighted by Crippen LogP contribution is -2.59. The predicted molar refractivity (Wildman–Crippen MR) is 50.2 cm³/mol. The van der Waals surface area contributed by atoms with Crippen molar-refractivity contribution in [3.63, 3.8) is 0 Å². The highest BCUT2D eigenvalue weighted by Crippen LogP contribution is 2.16. The Hall–Kier alpha value is -1.43. The molecular formula is C8H9ClN2O4. The lowest BCUT2D eigenvalue weighted by molar-refractivity contribution is -0.151. The van der Waals surface area contributed by atoms with E-state index in [1.807, 2.05) is 0 Å². The maximum atomic E-state index is 11.5. The van der Waals surface area contributed by atoms with E-state index in [4.69, 9.17) is 11.6 Å². The first-order chi connectivity index (χ1) is 6.91. The van der Waals surface area contributed by atoms with Crippen LogP contribution in [0.15, 0.2) is 0 Å². The molecule has 0 aromatic carbocycles. The highest BCUT2D eigenvalue weighted by molar-refractivity contribution is 6.35. The van der Waals surface area contributed by atoms with Crippen molar-refractivity contribution in [3.8, 4) is 0 Å². The third kappa shape index (κ3) is 1.72. The van der Waals surface area contributed by atoms with Crippen molar-refractivity contribution in [3.05, 3.63) is 0 Å². The summed E-state index contributed by atoms with van der Waals surface area (Å²) in [5.74, 6) is -4.26. The molecule has 0 N–H and O–H groups in total. The fourth-order valence-electron chi connectivity index (χ4n) is 1.26. The van der Waals surface area contributed by atoms with Crippen LogP contribution >= 0.6 is 11.6 Å². The van der Waals surface area contributed by atoms with E-state index in [-0.39, 0.29) is 0 Å². The number of amides is 4. The Morgan fingerprint density at radius 1 is 1.20 bits per heavy atom. The molecule has 0 saturated carbocycles. The second-order valence-corrected chi connectivity index (χ2v) is 3.38. The molecule has 0 radical (unpaired) electrons. The van der Waals surface area contributed by atoms with Gasteiger partial charge < -0.3 is 0 Å². The van der Waals surface area contributed by atoms with Crippen LogP contribution in [0.2, 0.25) is 0 Å². The van der Waals surface area contributed by atoms with Gasteiger partial charge in [0, 0.05) is 14.1 Å². The number of carbonyl (C=O) groups excluding carboxylic acids is 4. The summed E-state index contributed by atoms with van der Waals surface area (Å²) >= 11 is 5.27. The van der Waals surface area contributed by atoms with Gasteiger partial charge in [-0.1, -0.05) is 0 Å². The van der Waals surface area contributed by atoms with Gasteiger partial charge in [-0.05, 0) is 0 Å². The smallest absolute Gasteiger partial charge is 0.297 e. The summed E-state index contributed by atoms with van der Waals surface area (Å²) in [6, 6.07) is -0.747. The van der Waals surface area contributed by atoms with E-state index in [9.17, 15) is 19.2 Å². The van der Waals surface area contributed by atoms with Crippen molar-refractivity contribution >= 4 is 35.2 Å². The van der Waals surface area contributed by atoms with Crippen molar-refractivity contribution in [1.82, 2.24) is 9.80 Å². The fraction of sp³-hybridized carbons (Fsp3) is 0.500. The largest absolute Gasteiger partial charge is 0.332 e. The topological polar surface area (TPSA) is 74.8 Å². The second-order valence-electron chi connectivity index (χ2n) is 3.11. The standard InChI is InChI=1S/C8H9ClN2O4/c1-10-6(13)5(4(12)3-9)7(14)11(2)8(10)15/h5H,3H2,1-2H3. The van der Waals surface area contributed by atoms with Gasteiger partial charge in [0.1, 0.15) is 0 Å². The first-order valence-corrected chi connectivity index (χ1v) is 4.63. The number of alkyl halides is 1. The number of hydrogen-bond acceptors (Lipinski definition) is 4. The highest BCUT2D eigenvalue weighted by atomic mass is 35.5. The number of nitrogens with zero attached hydrogens (tertiary/aromatic N) is 2. The molecule has 1 heterocycles. The Balaban J connectivity index is 3.08. The first kappa shape index (κ1) is 11.6. The number of ketones is 1. The lowest BCUT2D eigenvalue weighted by Gasteiger charge is -2.31. The molecule has 0 spiro atoms. The molecule has 1 saturated heterocycles. The zero-order valence-electron chi connectivity index (χ0n) is 8.19.